The molecule has 2 aromatic carbocycles. The second-order valence-electron chi connectivity index (χ2n) is 5.44. The Labute approximate surface area is 123 Å². The van der Waals surface area contributed by atoms with Gasteiger partial charge in [0.05, 0.1) is 11.6 Å². The molecule has 0 spiro atoms. The monoisotopic (exact) mass is 284 g/mol. The topological polar surface area (TPSA) is 55.1 Å². The summed E-state index contributed by atoms with van der Waals surface area (Å²) in [7, 11) is 0. The Morgan fingerprint density at radius 3 is 2.52 bits per heavy atom. The summed E-state index contributed by atoms with van der Waals surface area (Å²) in [5.41, 5.74) is 6.91. The maximum absolute atomic E-state index is 13.8. The van der Waals surface area contributed by atoms with Crippen LogP contribution < -0.4 is 11.1 Å². The lowest BCUT2D eigenvalue weighted by atomic mass is 10.0. The van der Waals surface area contributed by atoms with Gasteiger partial charge in [-0.1, -0.05) is 30.3 Å². The van der Waals surface area contributed by atoms with Crippen molar-refractivity contribution >= 4 is 11.6 Å². The maximum Gasteiger partial charge on any atom is 0.254 e. The first-order valence-corrected chi connectivity index (χ1v) is 7.06. The van der Waals surface area contributed by atoms with Gasteiger partial charge in [-0.15, -0.1) is 0 Å². The van der Waals surface area contributed by atoms with E-state index in [0.717, 1.165) is 18.4 Å². The minimum Gasteiger partial charge on any atom is -0.399 e. The number of benzene rings is 2. The van der Waals surface area contributed by atoms with E-state index in [4.69, 9.17) is 5.73 Å². The number of rotatable bonds is 4. The van der Waals surface area contributed by atoms with E-state index in [0.29, 0.717) is 11.6 Å². The predicted molar refractivity (Wildman–Crippen MR) is 80.2 cm³/mol. The molecule has 0 saturated heterocycles. The van der Waals surface area contributed by atoms with Gasteiger partial charge in [-0.2, -0.15) is 0 Å². The summed E-state index contributed by atoms with van der Waals surface area (Å²) in [6, 6.07) is 13.9. The van der Waals surface area contributed by atoms with Gasteiger partial charge in [0.2, 0.25) is 0 Å². The van der Waals surface area contributed by atoms with Gasteiger partial charge >= 0.3 is 0 Å². The lowest BCUT2D eigenvalue weighted by Gasteiger charge is -2.19. The first-order valence-electron chi connectivity index (χ1n) is 7.06. The van der Waals surface area contributed by atoms with Crippen LogP contribution in [-0.2, 0) is 0 Å². The predicted octanol–water partition coefficient (Wildman–Crippen LogP) is 3.29. The molecular formula is C17H17FN2O. The summed E-state index contributed by atoms with van der Waals surface area (Å²) in [5.74, 6) is -0.545. The summed E-state index contributed by atoms with van der Waals surface area (Å²) in [5, 5.41) is 2.95. The average Bonchev–Trinajstić information content (AvgIpc) is 3.30. The SMILES string of the molecule is Nc1ccc(C(=O)NC(c2ccccc2)C2CC2)c(F)c1. The molecule has 2 aromatic rings. The second-order valence-corrected chi connectivity index (χ2v) is 5.44. The molecule has 3 nitrogen and oxygen atoms in total. The van der Waals surface area contributed by atoms with Crippen LogP contribution in [-0.4, -0.2) is 5.91 Å². The summed E-state index contributed by atoms with van der Waals surface area (Å²) >= 11 is 0. The summed E-state index contributed by atoms with van der Waals surface area (Å²) in [4.78, 5) is 12.3. The minimum absolute atomic E-state index is 0.0331. The highest BCUT2D eigenvalue weighted by Crippen LogP contribution is 2.41. The van der Waals surface area contributed by atoms with Crippen molar-refractivity contribution < 1.29 is 9.18 Å². The third kappa shape index (κ3) is 3.05. The number of nitrogens with two attached hydrogens (primary N) is 1. The highest BCUT2D eigenvalue weighted by atomic mass is 19.1. The fourth-order valence-electron chi connectivity index (χ4n) is 2.50. The number of hydrogen-bond acceptors (Lipinski definition) is 2. The molecule has 0 bridgehead atoms. The molecule has 1 atom stereocenters. The number of carbonyl (C=O) groups is 1. The summed E-state index contributed by atoms with van der Waals surface area (Å²) in [6.07, 6.45) is 2.17. The van der Waals surface area contributed by atoms with Crippen molar-refractivity contribution in [1.29, 1.82) is 0 Å². The van der Waals surface area contributed by atoms with Crippen molar-refractivity contribution in [2.75, 3.05) is 5.73 Å². The molecule has 1 saturated carbocycles. The van der Waals surface area contributed by atoms with Crippen molar-refractivity contribution in [3.05, 3.63) is 65.5 Å². The average molecular weight is 284 g/mol. The molecular weight excluding hydrogens is 267 g/mol. The van der Waals surface area contributed by atoms with E-state index < -0.39 is 11.7 Å². The molecule has 0 radical (unpaired) electrons. The molecule has 4 heteroatoms. The van der Waals surface area contributed by atoms with Crippen LogP contribution in [0.2, 0.25) is 0 Å². The van der Waals surface area contributed by atoms with Crippen LogP contribution in [0.25, 0.3) is 0 Å². The van der Waals surface area contributed by atoms with Gasteiger partial charge in [-0.25, -0.2) is 4.39 Å². The molecule has 21 heavy (non-hydrogen) atoms. The third-order valence-electron chi connectivity index (χ3n) is 3.78. The lowest BCUT2D eigenvalue weighted by molar-refractivity contribution is 0.0927. The van der Waals surface area contributed by atoms with Crippen LogP contribution in [0.4, 0.5) is 10.1 Å². The zero-order valence-corrected chi connectivity index (χ0v) is 11.6. The second kappa shape index (κ2) is 5.56. The van der Waals surface area contributed by atoms with Crippen molar-refractivity contribution in [2.24, 2.45) is 5.92 Å². The van der Waals surface area contributed by atoms with Crippen molar-refractivity contribution in [2.45, 2.75) is 18.9 Å². The number of amides is 1. The van der Waals surface area contributed by atoms with Crippen LogP contribution in [0.1, 0.15) is 34.8 Å². The van der Waals surface area contributed by atoms with Gasteiger partial charge in [-0.3, -0.25) is 4.79 Å². The molecule has 3 rings (SSSR count). The Balaban J connectivity index is 1.81. The van der Waals surface area contributed by atoms with Crippen molar-refractivity contribution in [3.8, 4) is 0 Å². The maximum atomic E-state index is 13.8. The van der Waals surface area contributed by atoms with E-state index in [9.17, 15) is 9.18 Å². The lowest BCUT2D eigenvalue weighted by Crippen LogP contribution is -2.30. The molecule has 1 aliphatic rings. The van der Waals surface area contributed by atoms with Crippen LogP contribution in [0.3, 0.4) is 0 Å². The first-order chi connectivity index (χ1) is 10.1. The first kappa shape index (κ1) is 13.6. The molecule has 1 unspecified atom stereocenters. The minimum atomic E-state index is -0.588. The quantitative estimate of drug-likeness (QED) is 0.846. The molecule has 1 fully saturated rings. The zero-order valence-electron chi connectivity index (χ0n) is 11.6. The van der Waals surface area contributed by atoms with Gasteiger partial charge in [0.25, 0.3) is 5.91 Å². The van der Waals surface area contributed by atoms with Gasteiger partial charge < -0.3 is 11.1 Å². The van der Waals surface area contributed by atoms with Crippen LogP contribution >= 0.6 is 0 Å². The van der Waals surface area contributed by atoms with Gasteiger partial charge in [-0.05, 0) is 42.5 Å². The largest absolute Gasteiger partial charge is 0.399 e. The van der Waals surface area contributed by atoms with E-state index >= 15 is 0 Å². The number of carbonyl (C=O) groups excluding carboxylic acids is 1. The molecule has 0 aliphatic heterocycles. The van der Waals surface area contributed by atoms with E-state index in [1.165, 1.54) is 18.2 Å². The Bertz CT molecular complexity index is 653. The van der Waals surface area contributed by atoms with Gasteiger partial charge in [0, 0.05) is 5.69 Å². The van der Waals surface area contributed by atoms with Gasteiger partial charge in [0.1, 0.15) is 5.82 Å². The summed E-state index contributed by atoms with van der Waals surface area (Å²) < 4.78 is 13.8. The highest BCUT2D eigenvalue weighted by molar-refractivity contribution is 5.95. The number of halogens is 1. The molecule has 0 heterocycles. The van der Waals surface area contributed by atoms with Gasteiger partial charge in [0.15, 0.2) is 0 Å². The van der Waals surface area contributed by atoms with Crippen LogP contribution in [0.5, 0.6) is 0 Å². The fourth-order valence-corrected chi connectivity index (χ4v) is 2.50. The van der Waals surface area contributed by atoms with E-state index in [1.807, 2.05) is 30.3 Å². The van der Waals surface area contributed by atoms with E-state index in [-0.39, 0.29) is 11.6 Å². The number of nitrogen functional groups attached to an aromatic ring is 1. The smallest absolute Gasteiger partial charge is 0.254 e. The Morgan fingerprint density at radius 2 is 1.90 bits per heavy atom. The fraction of sp³-hybridized carbons (Fsp3) is 0.235. The molecule has 3 N–H and O–H groups in total. The molecule has 1 amide bonds. The van der Waals surface area contributed by atoms with Crippen LogP contribution in [0, 0.1) is 11.7 Å². The van der Waals surface area contributed by atoms with Crippen molar-refractivity contribution in [3.63, 3.8) is 0 Å². The Morgan fingerprint density at radius 1 is 1.19 bits per heavy atom. The van der Waals surface area contributed by atoms with E-state index in [1.54, 1.807) is 0 Å². The third-order valence-corrected chi connectivity index (χ3v) is 3.78. The number of hydrogen-bond donors (Lipinski definition) is 2. The molecule has 108 valence electrons. The standard InChI is InChI=1S/C17H17FN2O/c18-15-10-13(19)8-9-14(15)17(21)20-16(12-6-7-12)11-4-2-1-3-5-11/h1-5,8-10,12,16H,6-7,19H2,(H,20,21). The highest BCUT2D eigenvalue weighted by Gasteiger charge is 2.33. The van der Waals surface area contributed by atoms with E-state index in [2.05, 4.69) is 5.32 Å². The number of nitrogens with one attached hydrogen (secondary N) is 1. The molecule has 0 aromatic heterocycles. The van der Waals surface area contributed by atoms with Crippen molar-refractivity contribution in [1.82, 2.24) is 5.32 Å². The Hall–Kier alpha value is -2.36. The number of anilines is 1. The molecule has 1 aliphatic carbocycles. The zero-order chi connectivity index (χ0) is 14.8. The Kier molecular flexibility index (Phi) is 3.60. The van der Waals surface area contributed by atoms with Crippen LogP contribution in [0.15, 0.2) is 48.5 Å². The normalized spacial score (nSPS) is 15.5. The summed E-state index contributed by atoms with van der Waals surface area (Å²) in [6.45, 7) is 0.